The number of hydrogen-bond donors (Lipinski definition) is 1. The van der Waals surface area contributed by atoms with Crippen molar-refractivity contribution in [2.45, 2.75) is 0 Å². The van der Waals surface area contributed by atoms with E-state index in [9.17, 15) is 0 Å². The number of nitrogens with zero attached hydrogens (tertiary/aromatic N) is 2. The molecule has 0 spiro atoms. The monoisotopic (exact) mass is 283 g/mol. The first kappa shape index (κ1) is 10.4. The van der Waals surface area contributed by atoms with E-state index in [1.54, 1.807) is 12.1 Å². The summed E-state index contributed by atoms with van der Waals surface area (Å²) in [5, 5.41) is 8.37. The molecule has 0 aliphatic rings. The van der Waals surface area contributed by atoms with Gasteiger partial charge in [-0.1, -0.05) is 33.6 Å². The van der Waals surface area contributed by atoms with Gasteiger partial charge in [-0.3, -0.25) is 0 Å². The lowest BCUT2D eigenvalue weighted by Crippen LogP contribution is -1.94. The Morgan fingerprint density at radius 3 is 2.53 bits per heavy atom. The number of halogens is 2. The van der Waals surface area contributed by atoms with E-state index in [1.807, 2.05) is 18.2 Å². The zero-order valence-electron chi connectivity index (χ0n) is 7.61. The van der Waals surface area contributed by atoms with Gasteiger partial charge in [0.25, 0.3) is 0 Å². The fraction of sp³-hybridized carbons (Fsp3) is 0. The maximum Gasteiger partial charge on any atom is 0.146 e. The molecular weight excluding hydrogens is 277 g/mol. The van der Waals surface area contributed by atoms with Crippen LogP contribution in [0.5, 0.6) is 0 Å². The first-order valence-corrected chi connectivity index (χ1v) is 5.38. The smallest absolute Gasteiger partial charge is 0.146 e. The molecule has 0 bridgehead atoms. The second-order valence-corrected chi connectivity index (χ2v) is 4.29. The molecule has 0 fully saturated rings. The van der Waals surface area contributed by atoms with Crippen LogP contribution in [0.25, 0.3) is 11.3 Å². The molecule has 0 atom stereocenters. The van der Waals surface area contributed by atoms with Crippen LogP contribution < -0.4 is 5.73 Å². The lowest BCUT2D eigenvalue weighted by atomic mass is 10.1. The van der Waals surface area contributed by atoms with Crippen LogP contribution in [0.3, 0.4) is 0 Å². The number of aromatic nitrogens is 2. The second-order valence-electron chi connectivity index (χ2n) is 2.97. The summed E-state index contributed by atoms with van der Waals surface area (Å²) in [5.74, 6) is 0.395. The average molecular weight is 285 g/mol. The van der Waals surface area contributed by atoms with Crippen molar-refractivity contribution < 1.29 is 0 Å². The molecule has 76 valence electrons. The van der Waals surface area contributed by atoms with E-state index < -0.39 is 0 Å². The maximum absolute atomic E-state index is 6.07. The molecule has 3 nitrogen and oxygen atoms in total. The predicted molar refractivity (Wildman–Crippen MR) is 64.6 cm³/mol. The standard InChI is InChI=1S/C10H7BrClN3/c11-6-1-2-7(8(12)5-6)9-3-4-10(13)15-14-9/h1-5H,(H2,13,15). The Morgan fingerprint density at radius 2 is 1.93 bits per heavy atom. The van der Waals surface area contributed by atoms with Gasteiger partial charge in [0.2, 0.25) is 0 Å². The van der Waals surface area contributed by atoms with Crippen molar-refractivity contribution in [2.24, 2.45) is 0 Å². The maximum atomic E-state index is 6.07. The minimum absolute atomic E-state index is 0.395. The normalized spacial score (nSPS) is 10.3. The third kappa shape index (κ3) is 2.27. The highest BCUT2D eigenvalue weighted by atomic mass is 79.9. The predicted octanol–water partition coefficient (Wildman–Crippen LogP) is 3.14. The van der Waals surface area contributed by atoms with Gasteiger partial charge in [-0.05, 0) is 24.3 Å². The third-order valence-corrected chi connectivity index (χ3v) is 2.70. The molecule has 2 rings (SSSR count). The van der Waals surface area contributed by atoms with Crippen LogP contribution in [-0.2, 0) is 0 Å². The lowest BCUT2D eigenvalue weighted by molar-refractivity contribution is 1.05. The minimum atomic E-state index is 0.395. The summed E-state index contributed by atoms with van der Waals surface area (Å²) in [4.78, 5) is 0. The second kappa shape index (κ2) is 4.16. The molecule has 0 saturated carbocycles. The van der Waals surface area contributed by atoms with E-state index in [0.29, 0.717) is 16.5 Å². The molecule has 0 radical (unpaired) electrons. The molecule has 2 N–H and O–H groups in total. The van der Waals surface area contributed by atoms with E-state index >= 15 is 0 Å². The summed E-state index contributed by atoms with van der Waals surface area (Å²) in [6.45, 7) is 0. The molecule has 1 aromatic carbocycles. The van der Waals surface area contributed by atoms with Gasteiger partial charge in [0.05, 0.1) is 10.7 Å². The van der Waals surface area contributed by atoms with Gasteiger partial charge in [-0.15, -0.1) is 10.2 Å². The number of nitrogens with two attached hydrogens (primary N) is 1. The Hall–Kier alpha value is -1.13. The fourth-order valence-electron chi connectivity index (χ4n) is 1.18. The quantitative estimate of drug-likeness (QED) is 0.875. The van der Waals surface area contributed by atoms with Crippen LogP contribution >= 0.6 is 27.5 Å². The van der Waals surface area contributed by atoms with Crippen LogP contribution in [0.1, 0.15) is 0 Å². The Kier molecular flexibility index (Phi) is 2.88. The van der Waals surface area contributed by atoms with Gasteiger partial charge in [0.15, 0.2) is 0 Å². The number of benzene rings is 1. The van der Waals surface area contributed by atoms with E-state index in [1.165, 1.54) is 0 Å². The Balaban J connectivity index is 2.49. The zero-order chi connectivity index (χ0) is 10.8. The van der Waals surface area contributed by atoms with Crippen LogP contribution in [0.2, 0.25) is 5.02 Å². The molecule has 5 heteroatoms. The Morgan fingerprint density at radius 1 is 1.13 bits per heavy atom. The van der Waals surface area contributed by atoms with Crippen LogP contribution in [0.4, 0.5) is 5.82 Å². The van der Waals surface area contributed by atoms with E-state index in [4.69, 9.17) is 17.3 Å². The van der Waals surface area contributed by atoms with Gasteiger partial charge in [0.1, 0.15) is 5.82 Å². The van der Waals surface area contributed by atoms with Gasteiger partial charge in [-0.25, -0.2) is 0 Å². The third-order valence-electron chi connectivity index (χ3n) is 1.89. The zero-order valence-corrected chi connectivity index (χ0v) is 9.96. The molecule has 2 aromatic rings. The minimum Gasteiger partial charge on any atom is -0.382 e. The first-order valence-electron chi connectivity index (χ1n) is 4.21. The summed E-state index contributed by atoms with van der Waals surface area (Å²) < 4.78 is 0.930. The van der Waals surface area contributed by atoms with Crippen molar-refractivity contribution in [1.29, 1.82) is 0 Å². The highest BCUT2D eigenvalue weighted by molar-refractivity contribution is 9.10. The van der Waals surface area contributed by atoms with Gasteiger partial charge in [-0.2, -0.15) is 0 Å². The average Bonchev–Trinajstić information content (AvgIpc) is 2.20. The first-order chi connectivity index (χ1) is 7.16. The summed E-state index contributed by atoms with van der Waals surface area (Å²) in [5.41, 5.74) is 7.00. The Labute approximate surface area is 100 Å². The molecule has 0 unspecified atom stereocenters. The fourth-order valence-corrected chi connectivity index (χ4v) is 1.95. The summed E-state index contributed by atoms with van der Waals surface area (Å²) >= 11 is 9.41. The summed E-state index contributed by atoms with van der Waals surface area (Å²) in [7, 11) is 0. The van der Waals surface area contributed by atoms with Crippen LogP contribution in [0.15, 0.2) is 34.8 Å². The van der Waals surface area contributed by atoms with Crippen molar-refractivity contribution in [3.63, 3.8) is 0 Å². The van der Waals surface area contributed by atoms with Crippen molar-refractivity contribution >= 4 is 33.3 Å². The number of hydrogen-bond acceptors (Lipinski definition) is 3. The molecule has 0 amide bonds. The van der Waals surface area contributed by atoms with Crippen molar-refractivity contribution in [3.8, 4) is 11.3 Å². The van der Waals surface area contributed by atoms with Crippen molar-refractivity contribution in [1.82, 2.24) is 10.2 Å². The van der Waals surface area contributed by atoms with Crippen LogP contribution in [-0.4, -0.2) is 10.2 Å². The number of anilines is 1. The van der Waals surface area contributed by atoms with Crippen molar-refractivity contribution in [3.05, 3.63) is 39.8 Å². The molecule has 0 saturated heterocycles. The highest BCUT2D eigenvalue weighted by Gasteiger charge is 2.05. The SMILES string of the molecule is Nc1ccc(-c2ccc(Br)cc2Cl)nn1. The highest BCUT2D eigenvalue weighted by Crippen LogP contribution is 2.28. The number of rotatable bonds is 1. The van der Waals surface area contributed by atoms with Gasteiger partial charge in [0, 0.05) is 10.0 Å². The molecule has 1 aromatic heterocycles. The largest absolute Gasteiger partial charge is 0.382 e. The van der Waals surface area contributed by atoms with Gasteiger partial charge >= 0.3 is 0 Å². The van der Waals surface area contributed by atoms with E-state index in [0.717, 1.165) is 10.0 Å². The Bertz CT molecular complexity index is 485. The topological polar surface area (TPSA) is 51.8 Å². The summed E-state index contributed by atoms with van der Waals surface area (Å²) in [6, 6.07) is 9.08. The molecular formula is C10H7BrClN3. The molecule has 0 aliphatic carbocycles. The molecule has 15 heavy (non-hydrogen) atoms. The molecule has 1 heterocycles. The van der Waals surface area contributed by atoms with Crippen molar-refractivity contribution in [2.75, 3.05) is 5.73 Å². The molecule has 0 aliphatic heterocycles. The van der Waals surface area contributed by atoms with E-state index in [-0.39, 0.29) is 0 Å². The number of nitrogen functional groups attached to an aromatic ring is 1. The van der Waals surface area contributed by atoms with Crippen LogP contribution in [0, 0.1) is 0 Å². The summed E-state index contributed by atoms with van der Waals surface area (Å²) in [6.07, 6.45) is 0. The van der Waals surface area contributed by atoms with E-state index in [2.05, 4.69) is 26.1 Å². The van der Waals surface area contributed by atoms with Gasteiger partial charge < -0.3 is 5.73 Å². The lowest BCUT2D eigenvalue weighted by Gasteiger charge is -2.03.